The van der Waals surface area contributed by atoms with Crippen LogP contribution in [0.5, 0.6) is 0 Å². The highest BCUT2D eigenvalue weighted by Gasteiger charge is 2.39. The van der Waals surface area contributed by atoms with Gasteiger partial charge < -0.3 is 14.3 Å². The third-order valence-electron chi connectivity index (χ3n) is 7.64. The Morgan fingerprint density at radius 2 is 1.82 bits per heavy atom. The first-order chi connectivity index (χ1) is 18.4. The molecule has 0 spiro atoms. The molecule has 194 valence electrons. The maximum atomic E-state index is 13.8. The van der Waals surface area contributed by atoms with Crippen LogP contribution in [0, 0.1) is 12.4 Å². The molecule has 0 N–H and O–H groups in total. The zero-order valence-corrected chi connectivity index (χ0v) is 21.9. The first-order valence-electron chi connectivity index (χ1n) is 13.0. The first kappa shape index (κ1) is 25.6. The molecule has 38 heavy (non-hydrogen) atoms. The molecule has 1 unspecified atom stereocenters. The minimum Gasteiger partial charge on any atom is -0.362 e. The van der Waals surface area contributed by atoms with Gasteiger partial charge in [-0.25, -0.2) is 4.39 Å². The van der Waals surface area contributed by atoms with Crippen LogP contribution in [0.4, 0.5) is 15.9 Å². The van der Waals surface area contributed by atoms with Gasteiger partial charge in [0, 0.05) is 44.5 Å². The summed E-state index contributed by atoms with van der Waals surface area (Å²) in [6.07, 6.45) is 3.53. The number of hydrogen-bond donors (Lipinski definition) is 0. The van der Waals surface area contributed by atoms with Crippen LogP contribution >= 0.6 is 0 Å². The number of rotatable bonds is 6. The van der Waals surface area contributed by atoms with Crippen molar-refractivity contribution in [2.45, 2.75) is 44.8 Å². The van der Waals surface area contributed by atoms with Crippen molar-refractivity contribution < 1.29 is 4.39 Å². The number of benzene rings is 1. The van der Waals surface area contributed by atoms with Gasteiger partial charge >= 0.3 is 0 Å². The second-order valence-electron chi connectivity index (χ2n) is 9.76. The van der Waals surface area contributed by atoms with Gasteiger partial charge in [0.05, 0.1) is 22.9 Å². The van der Waals surface area contributed by atoms with Crippen LogP contribution in [-0.4, -0.2) is 44.6 Å². The van der Waals surface area contributed by atoms with E-state index in [1.165, 1.54) is 12.1 Å². The summed E-state index contributed by atoms with van der Waals surface area (Å²) in [4.78, 5) is 30.6. The Morgan fingerprint density at radius 1 is 1.05 bits per heavy atom. The lowest BCUT2D eigenvalue weighted by Crippen LogP contribution is -2.59. The van der Waals surface area contributed by atoms with Crippen molar-refractivity contribution >= 4 is 22.5 Å². The highest BCUT2D eigenvalue weighted by Crippen LogP contribution is 2.37. The van der Waals surface area contributed by atoms with Crippen LogP contribution in [0.1, 0.15) is 44.0 Å². The molecular weight excluding hydrogens is 479 g/mol. The molecule has 4 heterocycles. The smallest absolute Gasteiger partial charge is 0.270 e. The van der Waals surface area contributed by atoms with Gasteiger partial charge in [-0.2, -0.15) is 0 Å². The number of hydrogen-bond acceptors (Lipinski definition) is 5. The Labute approximate surface area is 222 Å². The summed E-state index contributed by atoms with van der Waals surface area (Å²) >= 11 is 0. The Kier molecular flexibility index (Phi) is 7.21. The zero-order valence-electron chi connectivity index (χ0n) is 21.9. The van der Waals surface area contributed by atoms with E-state index in [0.717, 1.165) is 36.3 Å². The van der Waals surface area contributed by atoms with Crippen LogP contribution in [0.25, 0.3) is 15.9 Å². The summed E-state index contributed by atoms with van der Waals surface area (Å²) in [6, 6.07) is 17.8. The average Bonchev–Trinajstić information content (AvgIpc) is 2.96. The predicted octanol–water partition coefficient (Wildman–Crippen LogP) is 5.49. The van der Waals surface area contributed by atoms with Gasteiger partial charge in [-0.3, -0.25) is 14.7 Å². The molecule has 1 fully saturated rings. The van der Waals surface area contributed by atoms with Gasteiger partial charge in [0.1, 0.15) is 5.82 Å². The predicted molar refractivity (Wildman–Crippen MR) is 148 cm³/mol. The third kappa shape index (κ3) is 4.66. The summed E-state index contributed by atoms with van der Waals surface area (Å²) in [7, 11) is 1.73. The number of fused-ring (bicyclic) bond motifs is 1. The van der Waals surface area contributed by atoms with E-state index in [1.54, 1.807) is 36.0 Å². The van der Waals surface area contributed by atoms with Crippen molar-refractivity contribution in [3.05, 3.63) is 106 Å². The standard InChI is InChI=1S/C30H31FN6O/c1-5-22-19-37(30(24-9-7-8-16-33-24)20-10-12-21(31)13-11-20)23(6-2)18-36(22)26-17-28(38)35(4)25-14-15-27(32-3)34-29(25)26/h7-17,22-23,30H,5-6,18-19H2,1-2,4H3/t22-,23+,30?/m0/s1. The number of halogens is 1. The number of pyridine rings is 3. The molecule has 7 nitrogen and oxygen atoms in total. The quantitative estimate of drug-likeness (QED) is 0.321. The van der Waals surface area contributed by atoms with E-state index < -0.39 is 0 Å². The first-order valence-corrected chi connectivity index (χ1v) is 13.0. The van der Waals surface area contributed by atoms with Gasteiger partial charge in [-0.1, -0.05) is 38.6 Å². The minimum atomic E-state index is -0.263. The number of anilines is 1. The van der Waals surface area contributed by atoms with Crippen LogP contribution in [0.2, 0.25) is 0 Å². The van der Waals surface area contributed by atoms with Crippen molar-refractivity contribution in [3.8, 4) is 0 Å². The van der Waals surface area contributed by atoms with Crippen molar-refractivity contribution in [2.24, 2.45) is 7.05 Å². The van der Waals surface area contributed by atoms with Crippen molar-refractivity contribution in [3.63, 3.8) is 0 Å². The minimum absolute atomic E-state index is 0.0955. The zero-order chi connectivity index (χ0) is 26.8. The van der Waals surface area contributed by atoms with E-state index in [1.807, 2.05) is 30.3 Å². The van der Waals surface area contributed by atoms with Gasteiger partial charge in [0.2, 0.25) is 5.52 Å². The molecular formula is C30H31FN6O. The van der Waals surface area contributed by atoms with Crippen molar-refractivity contribution in [2.75, 3.05) is 18.0 Å². The van der Waals surface area contributed by atoms with Gasteiger partial charge in [0.15, 0.2) is 0 Å². The summed E-state index contributed by atoms with van der Waals surface area (Å²) in [5.74, 6) is 0.0447. The van der Waals surface area contributed by atoms with E-state index in [2.05, 4.69) is 33.5 Å². The van der Waals surface area contributed by atoms with Crippen LogP contribution in [0.3, 0.4) is 0 Å². The fourth-order valence-corrected chi connectivity index (χ4v) is 5.59. The lowest BCUT2D eigenvalue weighted by Gasteiger charge is -2.50. The molecule has 1 aromatic carbocycles. The monoisotopic (exact) mass is 510 g/mol. The fourth-order valence-electron chi connectivity index (χ4n) is 5.59. The molecule has 5 rings (SSSR count). The second kappa shape index (κ2) is 10.7. The Balaban J connectivity index is 1.60. The highest BCUT2D eigenvalue weighted by atomic mass is 19.1. The number of nitrogens with zero attached hydrogens (tertiary/aromatic N) is 6. The Morgan fingerprint density at radius 3 is 2.47 bits per heavy atom. The van der Waals surface area contributed by atoms with Crippen LogP contribution in [-0.2, 0) is 7.05 Å². The third-order valence-corrected chi connectivity index (χ3v) is 7.64. The molecule has 3 aromatic heterocycles. The molecule has 8 heteroatoms. The molecule has 0 bridgehead atoms. The maximum absolute atomic E-state index is 13.8. The van der Waals surface area contributed by atoms with Crippen molar-refractivity contribution in [1.82, 2.24) is 19.4 Å². The van der Waals surface area contributed by atoms with E-state index >= 15 is 0 Å². The molecule has 0 saturated carbocycles. The largest absolute Gasteiger partial charge is 0.362 e. The highest BCUT2D eigenvalue weighted by molar-refractivity contribution is 5.89. The lowest BCUT2D eigenvalue weighted by atomic mass is 9.93. The van der Waals surface area contributed by atoms with Crippen LogP contribution in [0.15, 0.2) is 71.7 Å². The van der Waals surface area contributed by atoms with E-state index in [9.17, 15) is 9.18 Å². The number of aromatic nitrogens is 3. The van der Waals surface area contributed by atoms with E-state index in [0.29, 0.717) is 23.4 Å². The molecule has 1 aliphatic rings. The van der Waals surface area contributed by atoms with Crippen LogP contribution < -0.4 is 10.5 Å². The Bertz CT molecular complexity index is 1530. The van der Waals surface area contributed by atoms with Crippen molar-refractivity contribution in [1.29, 1.82) is 0 Å². The molecule has 1 saturated heterocycles. The molecule has 0 aliphatic carbocycles. The van der Waals surface area contributed by atoms with E-state index in [-0.39, 0.29) is 29.5 Å². The lowest BCUT2D eigenvalue weighted by molar-refractivity contribution is 0.109. The summed E-state index contributed by atoms with van der Waals surface area (Å²) in [6.45, 7) is 13.2. The van der Waals surface area contributed by atoms with Gasteiger partial charge in [0.25, 0.3) is 11.4 Å². The summed E-state index contributed by atoms with van der Waals surface area (Å²) in [5.41, 5.74) is 3.96. The fraction of sp³-hybridized carbons (Fsp3) is 0.333. The molecule has 4 aromatic rings. The number of piperazine rings is 1. The van der Waals surface area contributed by atoms with E-state index in [4.69, 9.17) is 11.6 Å². The average molecular weight is 511 g/mol. The summed E-state index contributed by atoms with van der Waals surface area (Å²) in [5, 5.41) is 0. The summed E-state index contributed by atoms with van der Waals surface area (Å²) < 4.78 is 15.4. The normalized spacial score (nSPS) is 18.9. The maximum Gasteiger partial charge on any atom is 0.270 e. The molecule has 0 amide bonds. The number of aryl methyl sites for hydroxylation is 1. The SMILES string of the molecule is [C-]#[N+]c1ccc2c(n1)c(N1C[C@@H](CC)N(C(c3ccc(F)cc3)c3ccccn3)C[C@@H]1CC)cc(=O)n2C. The van der Waals surface area contributed by atoms with Gasteiger partial charge in [-0.05, 0) is 54.8 Å². The van der Waals surface area contributed by atoms with Gasteiger partial charge in [-0.15, -0.1) is 4.98 Å². The molecule has 0 radical (unpaired) electrons. The topological polar surface area (TPSA) is 58.6 Å². The second-order valence-corrected chi connectivity index (χ2v) is 9.76. The Hall–Kier alpha value is -4.09. The molecule has 1 aliphatic heterocycles. The molecule has 3 atom stereocenters.